The van der Waals surface area contributed by atoms with Crippen molar-refractivity contribution in [3.63, 3.8) is 0 Å². The molecule has 0 fully saturated rings. The maximum absolute atomic E-state index is 12.0. The third-order valence-corrected chi connectivity index (χ3v) is 5.04. The zero-order chi connectivity index (χ0) is 11.8. The van der Waals surface area contributed by atoms with Crippen molar-refractivity contribution < 1.29 is 8.42 Å². The molecule has 0 aliphatic heterocycles. The molecule has 2 rings (SSSR count). The third-order valence-electron chi connectivity index (χ3n) is 1.86. The van der Waals surface area contributed by atoms with Crippen LogP contribution in [0.2, 0.25) is 5.02 Å². The summed E-state index contributed by atoms with van der Waals surface area (Å²) in [6.07, 6.45) is 0. The van der Waals surface area contributed by atoms with Crippen molar-refractivity contribution in [3.05, 3.63) is 35.1 Å². The molecule has 0 spiro atoms. The lowest BCUT2D eigenvalue weighted by atomic mass is 10.4. The Morgan fingerprint density at radius 1 is 1.25 bits per heavy atom. The van der Waals surface area contributed by atoms with Crippen molar-refractivity contribution >= 4 is 33.0 Å². The Morgan fingerprint density at radius 3 is 2.38 bits per heavy atom. The Kier molecular flexibility index (Phi) is 2.96. The van der Waals surface area contributed by atoms with E-state index in [2.05, 4.69) is 9.36 Å². The molecular formula is C9H7ClN2O2S2. The number of aryl methyl sites for hydroxylation is 1. The van der Waals surface area contributed by atoms with Crippen molar-refractivity contribution in [1.82, 2.24) is 9.36 Å². The van der Waals surface area contributed by atoms with Crippen LogP contribution in [0.15, 0.2) is 33.5 Å². The third kappa shape index (κ3) is 2.09. The highest BCUT2D eigenvalue weighted by Crippen LogP contribution is 2.23. The number of hydrogen-bond acceptors (Lipinski definition) is 5. The van der Waals surface area contributed by atoms with Gasteiger partial charge in [0.2, 0.25) is 14.2 Å². The zero-order valence-corrected chi connectivity index (χ0v) is 10.6. The summed E-state index contributed by atoms with van der Waals surface area (Å²) in [5.41, 5.74) is 0. The van der Waals surface area contributed by atoms with Crippen LogP contribution in [0.5, 0.6) is 0 Å². The fourth-order valence-corrected chi connectivity index (χ4v) is 3.39. The maximum Gasteiger partial charge on any atom is 0.235 e. The van der Waals surface area contributed by atoms with Crippen LogP contribution in [0.4, 0.5) is 0 Å². The van der Waals surface area contributed by atoms with Crippen LogP contribution in [0.3, 0.4) is 0 Å². The van der Waals surface area contributed by atoms with Crippen LogP contribution >= 0.6 is 23.1 Å². The van der Waals surface area contributed by atoms with E-state index in [1.807, 2.05) is 0 Å². The monoisotopic (exact) mass is 274 g/mol. The largest absolute Gasteiger partial charge is 0.235 e. The van der Waals surface area contributed by atoms with E-state index >= 15 is 0 Å². The predicted octanol–water partition coefficient (Wildman–Crippen LogP) is 2.33. The Bertz CT molecular complexity index is 605. The van der Waals surface area contributed by atoms with E-state index in [0.717, 1.165) is 11.5 Å². The molecule has 0 aliphatic carbocycles. The lowest BCUT2D eigenvalue weighted by Gasteiger charge is -1.99. The molecule has 0 atom stereocenters. The molecule has 1 aromatic carbocycles. The first-order valence-electron chi connectivity index (χ1n) is 4.31. The summed E-state index contributed by atoms with van der Waals surface area (Å²) in [5, 5.41) is 0.493. The molecular weight excluding hydrogens is 268 g/mol. The molecule has 4 nitrogen and oxygen atoms in total. The Morgan fingerprint density at radius 2 is 1.88 bits per heavy atom. The number of sulfone groups is 1. The van der Waals surface area contributed by atoms with Gasteiger partial charge in [-0.1, -0.05) is 11.6 Å². The normalized spacial score (nSPS) is 11.6. The van der Waals surface area contributed by atoms with Crippen molar-refractivity contribution in [2.45, 2.75) is 16.2 Å². The second kappa shape index (κ2) is 4.12. The van der Waals surface area contributed by atoms with E-state index in [4.69, 9.17) is 11.6 Å². The van der Waals surface area contributed by atoms with E-state index in [-0.39, 0.29) is 9.24 Å². The van der Waals surface area contributed by atoms with Crippen molar-refractivity contribution in [2.75, 3.05) is 0 Å². The van der Waals surface area contributed by atoms with Crippen molar-refractivity contribution in [2.24, 2.45) is 0 Å². The summed E-state index contributed by atoms with van der Waals surface area (Å²) >= 11 is 6.57. The SMILES string of the molecule is Cc1nsc(S(=O)(=O)c2ccc(Cl)cc2)n1. The van der Waals surface area contributed by atoms with Crippen LogP contribution in [0.1, 0.15) is 5.82 Å². The van der Waals surface area contributed by atoms with Gasteiger partial charge in [-0.2, -0.15) is 4.37 Å². The molecule has 0 aliphatic rings. The summed E-state index contributed by atoms with van der Waals surface area (Å²) in [6, 6.07) is 5.97. The van der Waals surface area contributed by atoms with Gasteiger partial charge in [-0.15, -0.1) is 0 Å². The smallest absolute Gasteiger partial charge is 0.216 e. The fourth-order valence-electron chi connectivity index (χ4n) is 1.10. The van der Waals surface area contributed by atoms with Gasteiger partial charge < -0.3 is 0 Å². The molecule has 0 saturated heterocycles. The molecule has 7 heteroatoms. The maximum atomic E-state index is 12.0. The molecule has 84 valence electrons. The first-order valence-corrected chi connectivity index (χ1v) is 6.94. The molecule has 1 aromatic heterocycles. The number of rotatable bonds is 2. The van der Waals surface area contributed by atoms with Gasteiger partial charge in [0, 0.05) is 5.02 Å². The molecule has 2 aromatic rings. The zero-order valence-electron chi connectivity index (χ0n) is 8.21. The van der Waals surface area contributed by atoms with Crippen LogP contribution in [0.25, 0.3) is 0 Å². The molecule has 1 heterocycles. The summed E-state index contributed by atoms with van der Waals surface area (Å²) < 4.78 is 27.9. The van der Waals surface area contributed by atoms with E-state index < -0.39 is 9.84 Å². The molecule has 0 amide bonds. The second-order valence-electron chi connectivity index (χ2n) is 3.06. The summed E-state index contributed by atoms with van der Waals surface area (Å²) in [6.45, 7) is 1.65. The first-order chi connectivity index (χ1) is 7.50. The van der Waals surface area contributed by atoms with Gasteiger partial charge in [-0.05, 0) is 42.7 Å². The van der Waals surface area contributed by atoms with E-state index in [0.29, 0.717) is 10.8 Å². The van der Waals surface area contributed by atoms with E-state index in [9.17, 15) is 8.42 Å². The summed E-state index contributed by atoms with van der Waals surface area (Å²) in [5.74, 6) is 0.456. The molecule has 0 saturated carbocycles. The number of nitrogens with zero attached hydrogens (tertiary/aromatic N) is 2. The van der Waals surface area contributed by atoms with Crippen LogP contribution < -0.4 is 0 Å². The van der Waals surface area contributed by atoms with Gasteiger partial charge in [0.1, 0.15) is 5.82 Å². The number of hydrogen-bond donors (Lipinski definition) is 0. The molecule has 0 N–H and O–H groups in total. The molecule has 16 heavy (non-hydrogen) atoms. The standard InChI is InChI=1S/C9H7ClN2O2S2/c1-6-11-9(15-12-6)16(13,14)8-4-2-7(10)3-5-8/h2-5H,1H3. The highest BCUT2D eigenvalue weighted by atomic mass is 35.5. The fraction of sp³-hybridized carbons (Fsp3) is 0.111. The van der Waals surface area contributed by atoms with Gasteiger partial charge in [-0.25, -0.2) is 13.4 Å². The summed E-state index contributed by atoms with van der Waals surface area (Å²) in [4.78, 5) is 4.04. The Hall–Kier alpha value is -0.980. The van der Waals surface area contributed by atoms with Crippen LogP contribution in [0, 0.1) is 6.92 Å². The highest BCUT2D eigenvalue weighted by molar-refractivity contribution is 7.93. The van der Waals surface area contributed by atoms with Crippen LogP contribution in [-0.4, -0.2) is 17.8 Å². The minimum atomic E-state index is -3.55. The minimum Gasteiger partial charge on any atom is -0.216 e. The van der Waals surface area contributed by atoms with Gasteiger partial charge in [0.15, 0.2) is 0 Å². The number of benzene rings is 1. The lowest BCUT2D eigenvalue weighted by Crippen LogP contribution is -2.01. The van der Waals surface area contributed by atoms with Gasteiger partial charge >= 0.3 is 0 Å². The average molecular weight is 275 g/mol. The lowest BCUT2D eigenvalue weighted by molar-refractivity contribution is 0.595. The predicted molar refractivity (Wildman–Crippen MR) is 61.5 cm³/mol. The quantitative estimate of drug-likeness (QED) is 0.843. The molecule has 0 unspecified atom stereocenters. The van der Waals surface area contributed by atoms with Crippen LogP contribution in [-0.2, 0) is 9.84 Å². The summed E-state index contributed by atoms with van der Waals surface area (Å²) in [7, 11) is -3.55. The number of aromatic nitrogens is 2. The van der Waals surface area contributed by atoms with Gasteiger partial charge in [0.25, 0.3) is 0 Å². The van der Waals surface area contributed by atoms with Crippen molar-refractivity contribution in [3.8, 4) is 0 Å². The Labute approximate surface area is 102 Å². The molecule has 0 radical (unpaired) electrons. The van der Waals surface area contributed by atoms with Gasteiger partial charge in [0.05, 0.1) is 4.90 Å². The highest BCUT2D eigenvalue weighted by Gasteiger charge is 2.21. The molecule has 0 bridgehead atoms. The number of halogens is 1. The van der Waals surface area contributed by atoms with E-state index in [1.165, 1.54) is 24.3 Å². The second-order valence-corrected chi connectivity index (χ2v) is 6.38. The van der Waals surface area contributed by atoms with E-state index in [1.54, 1.807) is 6.92 Å². The first kappa shape index (κ1) is 11.5. The minimum absolute atomic E-state index is 0.00678. The topological polar surface area (TPSA) is 59.9 Å². The van der Waals surface area contributed by atoms with Gasteiger partial charge in [-0.3, -0.25) is 0 Å². The average Bonchev–Trinajstić information content (AvgIpc) is 2.66. The Balaban J connectivity index is 2.51. The van der Waals surface area contributed by atoms with Crippen molar-refractivity contribution in [1.29, 1.82) is 0 Å².